The molecule has 0 unspecified atom stereocenters. The van der Waals surface area contributed by atoms with E-state index in [0.29, 0.717) is 22.6 Å². The van der Waals surface area contributed by atoms with Crippen LogP contribution in [-0.4, -0.2) is 17.9 Å². The van der Waals surface area contributed by atoms with Gasteiger partial charge in [-0.05, 0) is 69.2 Å². The van der Waals surface area contributed by atoms with Gasteiger partial charge in [-0.1, -0.05) is 48.0 Å². The van der Waals surface area contributed by atoms with Gasteiger partial charge < -0.3 is 10.1 Å². The molecule has 1 aliphatic rings. The molecular formula is C27H26N2O3. The molecule has 0 radical (unpaired) electrons. The molecule has 1 N–H and O–H groups in total. The van der Waals surface area contributed by atoms with Gasteiger partial charge in [0, 0.05) is 5.69 Å². The van der Waals surface area contributed by atoms with Crippen LogP contribution in [0.3, 0.4) is 0 Å². The Hall–Kier alpha value is -3.86. The van der Waals surface area contributed by atoms with Crippen LogP contribution in [0.15, 0.2) is 78.5 Å². The highest BCUT2D eigenvalue weighted by molar-refractivity contribution is 6.46. The van der Waals surface area contributed by atoms with Gasteiger partial charge in [0.05, 0.1) is 17.4 Å². The Bertz CT molecular complexity index is 1190. The topological polar surface area (TPSA) is 58.6 Å². The predicted octanol–water partition coefficient (Wildman–Crippen LogP) is 5.49. The average Bonchev–Trinajstić information content (AvgIpc) is 3.00. The van der Waals surface area contributed by atoms with Crippen molar-refractivity contribution in [2.45, 2.75) is 33.8 Å². The van der Waals surface area contributed by atoms with Gasteiger partial charge in [0.15, 0.2) is 0 Å². The van der Waals surface area contributed by atoms with E-state index in [1.807, 2.05) is 76.2 Å². The monoisotopic (exact) mass is 426 g/mol. The van der Waals surface area contributed by atoms with Gasteiger partial charge in [-0.25, -0.2) is 4.90 Å². The number of rotatable bonds is 6. The van der Waals surface area contributed by atoms with Crippen LogP contribution in [0.4, 0.5) is 11.4 Å². The molecule has 0 aromatic heterocycles. The van der Waals surface area contributed by atoms with Crippen molar-refractivity contribution in [2.75, 3.05) is 10.2 Å². The Labute approximate surface area is 188 Å². The summed E-state index contributed by atoms with van der Waals surface area (Å²) in [5, 5.41) is 3.23. The van der Waals surface area contributed by atoms with Crippen LogP contribution in [0.5, 0.6) is 5.75 Å². The third-order valence-electron chi connectivity index (χ3n) is 5.30. The lowest BCUT2D eigenvalue weighted by Crippen LogP contribution is -2.32. The molecule has 0 aliphatic carbocycles. The zero-order valence-electron chi connectivity index (χ0n) is 18.7. The van der Waals surface area contributed by atoms with Gasteiger partial charge in [-0.15, -0.1) is 0 Å². The first-order chi connectivity index (χ1) is 15.3. The number of carbonyl (C=O) groups is 2. The van der Waals surface area contributed by atoms with Gasteiger partial charge in [-0.2, -0.15) is 0 Å². The molecule has 0 saturated carbocycles. The minimum absolute atomic E-state index is 0.0376. The van der Waals surface area contributed by atoms with Gasteiger partial charge in [0.2, 0.25) is 0 Å². The normalized spacial score (nSPS) is 13.8. The van der Waals surface area contributed by atoms with E-state index in [9.17, 15) is 9.59 Å². The van der Waals surface area contributed by atoms with Crippen molar-refractivity contribution in [1.29, 1.82) is 0 Å². The van der Waals surface area contributed by atoms with Crippen LogP contribution >= 0.6 is 0 Å². The van der Waals surface area contributed by atoms with E-state index in [1.54, 1.807) is 24.3 Å². The molecule has 0 saturated heterocycles. The number of amides is 2. The molecule has 5 heteroatoms. The number of anilines is 2. The van der Waals surface area contributed by atoms with E-state index in [0.717, 1.165) is 16.8 Å². The molecule has 4 rings (SSSR count). The molecule has 0 fully saturated rings. The van der Waals surface area contributed by atoms with Crippen molar-refractivity contribution >= 4 is 28.8 Å². The summed E-state index contributed by atoms with van der Waals surface area (Å²) >= 11 is 0. The molecule has 1 aliphatic heterocycles. The van der Waals surface area contributed by atoms with Crippen molar-refractivity contribution in [3.63, 3.8) is 0 Å². The first-order valence-corrected chi connectivity index (χ1v) is 10.6. The predicted molar refractivity (Wildman–Crippen MR) is 128 cm³/mol. The smallest absolute Gasteiger partial charge is 0.282 e. The second-order valence-corrected chi connectivity index (χ2v) is 8.16. The summed E-state index contributed by atoms with van der Waals surface area (Å²) in [5.41, 5.74) is 4.69. The standard InChI is InChI=1S/C27H26N2O3/c1-17(2)32-22-15-13-21(14-16-22)29-26(30)24(20-11-9-18(3)10-12-20)25(27(29)31)28-23-8-6-5-7-19(23)4/h5-17,28H,1-4H3. The number of imide groups is 1. The molecule has 32 heavy (non-hydrogen) atoms. The zero-order valence-corrected chi connectivity index (χ0v) is 18.7. The summed E-state index contributed by atoms with van der Waals surface area (Å²) < 4.78 is 5.69. The van der Waals surface area contributed by atoms with E-state index in [-0.39, 0.29) is 23.6 Å². The number of nitrogens with zero attached hydrogens (tertiary/aromatic N) is 1. The second kappa shape index (κ2) is 8.71. The quantitative estimate of drug-likeness (QED) is 0.530. The van der Waals surface area contributed by atoms with Gasteiger partial charge in [0.25, 0.3) is 11.8 Å². The van der Waals surface area contributed by atoms with E-state index < -0.39 is 0 Å². The van der Waals surface area contributed by atoms with E-state index in [2.05, 4.69) is 5.32 Å². The van der Waals surface area contributed by atoms with Crippen molar-refractivity contribution in [3.8, 4) is 5.75 Å². The molecule has 2 amide bonds. The van der Waals surface area contributed by atoms with Crippen molar-refractivity contribution in [1.82, 2.24) is 0 Å². The fourth-order valence-corrected chi connectivity index (χ4v) is 3.66. The molecule has 1 heterocycles. The first kappa shape index (κ1) is 21.4. The van der Waals surface area contributed by atoms with Crippen LogP contribution in [0.1, 0.15) is 30.5 Å². The third kappa shape index (κ3) is 4.14. The fourth-order valence-electron chi connectivity index (χ4n) is 3.66. The number of hydrogen-bond acceptors (Lipinski definition) is 4. The zero-order chi connectivity index (χ0) is 22.8. The van der Waals surface area contributed by atoms with E-state index >= 15 is 0 Å². The number of carbonyl (C=O) groups excluding carboxylic acids is 2. The highest BCUT2D eigenvalue weighted by Gasteiger charge is 2.40. The molecular weight excluding hydrogens is 400 g/mol. The highest BCUT2D eigenvalue weighted by Crippen LogP contribution is 2.35. The maximum Gasteiger partial charge on any atom is 0.282 e. The molecule has 0 atom stereocenters. The van der Waals surface area contributed by atoms with E-state index in [1.165, 1.54) is 4.90 Å². The number of nitrogens with one attached hydrogen (secondary N) is 1. The lowest BCUT2D eigenvalue weighted by atomic mass is 10.0. The molecule has 0 bridgehead atoms. The largest absolute Gasteiger partial charge is 0.491 e. The minimum Gasteiger partial charge on any atom is -0.491 e. The van der Waals surface area contributed by atoms with Crippen LogP contribution in [-0.2, 0) is 9.59 Å². The van der Waals surface area contributed by atoms with Gasteiger partial charge in [-0.3, -0.25) is 9.59 Å². The summed E-state index contributed by atoms with van der Waals surface area (Å²) in [6.45, 7) is 7.84. The van der Waals surface area contributed by atoms with Crippen LogP contribution in [0.2, 0.25) is 0 Å². The van der Waals surface area contributed by atoms with Crippen molar-refractivity contribution in [3.05, 3.63) is 95.2 Å². The number of ether oxygens (including phenoxy) is 1. The second-order valence-electron chi connectivity index (χ2n) is 8.16. The maximum atomic E-state index is 13.5. The summed E-state index contributed by atoms with van der Waals surface area (Å²) in [5.74, 6) is -0.0494. The van der Waals surface area contributed by atoms with Crippen molar-refractivity contribution in [2.24, 2.45) is 0 Å². The molecule has 5 nitrogen and oxygen atoms in total. The average molecular weight is 427 g/mol. The molecule has 162 valence electrons. The number of para-hydroxylation sites is 1. The Kier molecular flexibility index (Phi) is 5.82. The molecule has 3 aromatic carbocycles. The maximum absolute atomic E-state index is 13.5. The van der Waals surface area contributed by atoms with Crippen LogP contribution in [0, 0.1) is 13.8 Å². The fraction of sp³-hybridized carbons (Fsp3) is 0.185. The van der Waals surface area contributed by atoms with Gasteiger partial charge in [0.1, 0.15) is 11.4 Å². The summed E-state index contributed by atoms with van der Waals surface area (Å²) in [7, 11) is 0. The molecule has 0 spiro atoms. The Morgan fingerprint density at radius 3 is 2.09 bits per heavy atom. The highest BCUT2D eigenvalue weighted by atomic mass is 16.5. The third-order valence-corrected chi connectivity index (χ3v) is 5.30. The molecule has 3 aromatic rings. The lowest BCUT2D eigenvalue weighted by molar-refractivity contribution is -0.120. The Balaban J connectivity index is 1.76. The SMILES string of the molecule is Cc1ccc(C2=C(Nc3ccccc3C)C(=O)N(c3ccc(OC(C)C)cc3)C2=O)cc1. The summed E-state index contributed by atoms with van der Waals surface area (Å²) in [6.07, 6.45) is 0.0376. The van der Waals surface area contributed by atoms with E-state index in [4.69, 9.17) is 4.74 Å². The Morgan fingerprint density at radius 1 is 0.812 bits per heavy atom. The van der Waals surface area contributed by atoms with Crippen LogP contribution in [0.25, 0.3) is 5.57 Å². The number of aryl methyl sites for hydroxylation is 2. The summed E-state index contributed by atoms with van der Waals surface area (Å²) in [4.78, 5) is 28.2. The first-order valence-electron chi connectivity index (χ1n) is 10.6. The Morgan fingerprint density at radius 2 is 1.47 bits per heavy atom. The van der Waals surface area contributed by atoms with Crippen LogP contribution < -0.4 is 15.0 Å². The van der Waals surface area contributed by atoms with Crippen molar-refractivity contribution < 1.29 is 14.3 Å². The number of hydrogen-bond donors (Lipinski definition) is 1. The van der Waals surface area contributed by atoms with Gasteiger partial charge >= 0.3 is 0 Å². The number of benzene rings is 3. The minimum atomic E-state index is -0.383. The lowest BCUT2D eigenvalue weighted by Gasteiger charge is -2.17. The summed E-state index contributed by atoms with van der Waals surface area (Å²) in [6, 6.07) is 22.3.